The van der Waals surface area contributed by atoms with Crippen molar-refractivity contribution in [3.05, 3.63) is 23.2 Å². The third-order valence-electron chi connectivity index (χ3n) is 4.23. The van der Waals surface area contributed by atoms with Crippen LogP contribution in [-0.2, 0) is 14.8 Å². The summed E-state index contributed by atoms with van der Waals surface area (Å²) in [7, 11) is -2.39. The van der Waals surface area contributed by atoms with Gasteiger partial charge in [-0.15, -0.1) is 0 Å². The van der Waals surface area contributed by atoms with Gasteiger partial charge in [0.15, 0.2) is 0 Å². The monoisotopic (exact) mass is 374 g/mol. The van der Waals surface area contributed by atoms with Crippen LogP contribution in [0.1, 0.15) is 26.7 Å². The molecule has 1 aliphatic rings. The SMILES string of the molecule is COc1ccc(S(=O)(=O)N[C@H](C)C(=O)N2CCC(C)CC2)cc1Cl. The van der Waals surface area contributed by atoms with Crippen LogP contribution in [-0.4, -0.2) is 45.5 Å². The standard InChI is InChI=1S/C16H23ClN2O4S/c1-11-6-8-19(9-7-11)16(20)12(2)18-24(21,22)13-4-5-15(23-3)14(17)10-13/h4-5,10-12,18H,6-9H2,1-3H3/t12-/m1/s1. The number of nitrogens with one attached hydrogen (secondary N) is 1. The normalized spacial score (nSPS) is 17.6. The minimum Gasteiger partial charge on any atom is -0.495 e. The molecule has 6 nitrogen and oxygen atoms in total. The lowest BCUT2D eigenvalue weighted by Gasteiger charge is -2.32. The number of carbonyl (C=O) groups is 1. The molecule has 0 aromatic heterocycles. The molecular weight excluding hydrogens is 352 g/mol. The second kappa shape index (κ2) is 7.72. The molecule has 1 aliphatic heterocycles. The van der Waals surface area contributed by atoms with E-state index in [1.54, 1.807) is 11.8 Å². The Hall–Kier alpha value is -1.31. The number of hydrogen-bond donors (Lipinski definition) is 1. The van der Waals surface area contributed by atoms with Crippen LogP contribution >= 0.6 is 11.6 Å². The second-order valence-corrected chi connectivity index (χ2v) is 8.27. The molecular formula is C16H23ClN2O4S. The molecule has 1 heterocycles. The molecule has 1 saturated heterocycles. The lowest BCUT2D eigenvalue weighted by atomic mass is 9.99. The van der Waals surface area contributed by atoms with E-state index < -0.39 is 16.1 Å². The average molecular weight is 375 g/mol. The van der Waals surface area contributed by atoms with Crippen molar-refractivity contribution in [2.45, 2.75) is 37.6 Å². The Kier molecular flexibility index (Phi) is 6.11. The molecule has 1 atom stereocenters. The van der Waals surface area contributed by atoms with Gasteiger partial charge in [-0.05, 0) is 43.9 Å². The van der Waals surface area contributed by atoms with Gasteiger partial charge in [0.05, 0.1) is 23.1 Å². The van der Waals surface area contributed by atoms with Gasteiger partial charge < -0.3 is 9.64 Å². The Morgan fingerprint density at radius 2 is 2.00 bits per heavy atom. The van der Waals surface area contributed by atoms with E-state index in [0.29, 0.717) is 24.8 Å². The van der Waals surface area contributed by atoms with E-state index in [1.165, 1.54) is 25.3 Å². The molecule has 1 amide bonds. The lowest BCUT2D eigenvalue weighted by Crippen LogP contribution is -2.49. The molecule has 1 fully saturated rings. The lowest BCUT2D eigenvalue weighted by molar-refractivity contribution is -0.133. The van der Waals surface area contributed by atoms with Crippen LogP contribution in [0.4, 0.5) is 0 Å². The fourth-order valence-electron chi connectivity index (χ4n) is 2.67. The minimum absolute atomic E-state index is 0.000200. The molecule has 0 radical (unpaired) electrons. The molecule has 1 aromatic carbocycles. The molecule has 8 heteroatoms. The number of piperidine rings is 1. The first kappa shape index (κ1) is 19.0. The van der Waals surface area contributed by atoms with Crippen molar-refractivity contribution < 1.29 is 17.9 Å². The zero-order chi connectivity index (χ0) is 17.9. The van der Waals surface area contributed by atoms with Gasteiger partial charge in [0, 0.05) is 13.1 Å². The topological polar surface area (TPSA) is 75.7 Å². The maximum atomic E-state index is 12.5. The first-order valence-electron chi connectivity index (χ1n) is 7.89. The zero-order valence-electron chi connectivity index (χ0n) is 14.1. The van der Waals surface area contributed by atoms with Gasteiger partial charge in [0.1, 0.15) is 5.75 Å². The third kappa shape index (κ3) is 4.40. The van der Waals surface area contributed by atoms with E-state index in [1.807, 2.05) is 0 Å². The molecule has 24 heavy (non-hydrogen) atoms. The molecule has 0 aliphatic carbocycles. The molecule has 0 spiro atoms. The highest BCUT2D eigenvalue weighted by Crippen LogP contribution is 2.27. The fraction of sp³-hybridized carbons (Fsp3) is 0.562. The van der Waals surface area contributed by atoms with E-state index in [4.69, 9.17) is 16.3 Å². The first-order chi connectivity index (χ1) is 11.2. The van der Waals surface area contributed by atoms with Crippen molar-refractivity contribution in [3.8, 4) is 5.75 Å². The van der Waals surface area contributed by atoms with Crippen LogP contribution in [0.3, 0.4) is 0 Å². The predicted molar refractivity (Wildman–Crippen MR) is 92.8 cm³/mol. The number of sulfonamides is 1. The largest absolute Gasteiger partial charge is 0.495 e. The summed E-state index contributed by atoms with van der Waals surface area (Å²) >= 11 is 5.98. The van der Waals surface area contributed by atoms with E-state index in [-0.39, 0.29) is 15.8 Å². The molecule has 0 unspecified atom stereocenters. The van der Waals surface area contributed by atoms with Gasteiger partial charge in [-0.3, -0.25) is 4.79 Å². The molecule has 1 aromatic rings. The Morgan fingerprint density at radius 1 is 1.38 bits per heavy atom. The Labute approximate surface area is 148 Å². The van der Waals surface area contributed by atoms with Crippen molar-refractivity contribution >= 4 is 27.5 Å². The van der Waals surface area contributed by atoms with Gasteiger partial charge in [0.2, 0.25) is 15.9 Å². The van der Waals surface area contributed by atoms with Crippen LogP contribution in [0, 0.1) is 5.92 Å². The van der Waals surface area contributed by atoms with Crippen LogP contribution in [0.2, 0.25) is 5.02 Å². The number of nitrogens with zero attached hydrogens (tertiary/aromatic N) is 1. The van der Waals surface area contributed by atoms with Crippen LogP contribution < -0.4 is 9.46 Å². The van der Waals surface area contributed by atoms with Crippen molar-refractivity contribution in [1.29, 1.82) is 0 Å². The second-order valence-electron chi connectivity index (χ2n) is 6.15. The fourth-order valence-corrected chi connectivity index (χ4v) is 4.21. The Balaban J connectivity index is 2.08. The zero-order valence-corrected chi connectivity index (χ0v) is 15.7. The third-order valence-corrected chi connectivity index (χ3v) is 6.06. The number of benzene rings is 1. The number of likely N-dealkylation sites (tertiary alicyclic amines) is 1. The van der Waals surface area contributed by atoms with Crippen molar-refractivity contribution in [2.75, 3.05) is 20.2 Å². The molecule has 134 valence electrons. The highest BCUT2D eigenvalue weighted by Gasteiger charge is 2.28. The van der Waals surface area contributed by atoms with Crippen LogP contribution in [0.25, 0.3) is 0 Å². The number of carbonyl (C=O) groups excluding carboxylic acids is 1. The summed E-state index contributed by atoms with van der Waals surface area (Å²) in [5.41, 5.74) is 0. The van der Waals surface area contributed by atoms with Gasteiger partial charge in [0.25, 0.3) is 0 Å². The molecule has 0 bridgehead atoms. The van der Waals surface area contributed by atoms with Gasteiger partial charge in [-0.2, -0.15) is 4.72 Å². The van der Waals surface area contributed by atoms with E-state index in [9.17, 15) is 13.2 Å². The van der Waals surface area contributed by atoms with Crippen molar-refractivity contribution in [2.24, 2.45) is 5.92 Å². The van der Waals surface area contributed by atoms with Gasteiger partial charge in [-0.1, -0.05) is 18.5 Å². The summed E-state index contributed by atoms with van der Waals surface area (Å²) < 4.78 is 32.3. The summed E-state index contributed by atoms with van der Waals surface area (Å²) in [5.74, 6) is 0.787. The number of halogens is 1. The molecule has 1 N–H and O–H groups in total. The van der Waals surface area contributed by atoms with E-state index in [2.05, 4.69) is 11.6 Å². The van der Waals surface area contributed by atoms with E-state index in [0.717, 1.165) is 12.8 Å². The number of rotatable bonds is 5. The maximum Gasteiger partial charge on any atom is 0.241 e. The van der Waals surface area contributed by atoms with Gasteiger partial charge >= 0.3 is 0 Å². The van der Waals surface area contributed by atoms with Crippen molar-refractivity contribution in [1.82, 2.24) is 9.62 Å². The quantitative estimate of drug-likeness (QED) is 0.857. The summed E-state index contributed by atoms with van der Waals surface area (Å²) in [4.78, 5) is 14.2. The van der Waals surface area contributed by atoms with E-state index >= 15 is 0 Å². The summed E-state index contributed by atoms with van der Waals surface area (Å²) in [6, 6.07) is 3.36. The maximum absolute atomic E-state index is 12.5. The minimum atomic E-state index is -3.84. The predicted octanol–water partition coefficient (Wildman–Crippen LogP) is 2.27. The number of amides is 1. The van der Waals surface area contributed by atoms with Gasteiger partial charge in [-0.25, -0.2) is 8.42 Å². The molecule has 2 rings (SSSR count). The summed E-state index contributed by atoms with van der Waals surface area (Å²) in [6.45, 7) is 5.05. The van der Waals surface area contributed by atoms with Crippen LogP contribution in [0.15, 0.2) is 23.1 Å². The highest BCUT2D eigenvalue weighted by atomic mass is 35.5. The Bertz CT molecular complexity index is 700. The highest BCUT2D eigenvalue weighted by molar-refractivity contribution is 7.89. The summed E-state index contributed by atoms with van der Waals surface area (Å²) in [5, 5.41) is 0.198. The number of methoxy groups -OCH3 is 1. The van der Waals surface area contributed by atoms with Crippen molar-refractivity contribution in [3.63, 3.8) is 0 Å². The van der Waals surface area contributed by atoms with Crippen LogP contribution in [0.5, 0.6) is 5.75 Å². The first-order valence-corrected chi connectivity index (χ1v) is 9.75. The Morgan fingerprint density at radius 3 is 2.54 bits per heavy atom. The average Bonchev–Trinajstić information content (AvgIpc) is 2.54. The summed E-state index contributed by atoms with van der Waals surface area (Å²) in [6.07, 6.45) is 1.89. The number of ether oxygens (including phenoxy) is 1. The smallest absolute Gasteiger partial charge is 0.241 e. The number of hydrogen-bond acceptors (Lipinski definition) is 4. The molecule has 0 saturated carbocycles.